The molecule has 128 valence electrons. The van der Waals surface area contributed by atoms with Gasteiger partial charge in [-0.3, -0.25) is 0 Å². The van der Waals surface area contributed by atoms with Crippen molar-refractivity contribution in [1.29, 1.82) is 0 Å². The molecule has 0 aliphatic carbocycles. The van der Waals surface area contributed by atoms with Gasteiger partial charge in [0.05, 0.1) is 24.0 Å². The van der Waals surface area contributed by atoms with Gasteiger partial charge < -0.3 is 4.74 Å². The van der Waals surface area contributed by atoms with Crippen LogP contribution >= 0.6 is 23.2 Å². The Bertz CT molecular complexity index is 849. The number of aromatic nitrogens is 2. The fourth-order valence-corrected chi connectivity index (χ4v) is 4.56. The van der Waals surface area contributed by atoms with Crippen LogP contribution in [0.15, 0.2) is 35.5 Å². The van der Waals surface area contributed by atoms with E-state index in [9.17, 15) is 12.8 Å². The minimum absolute atomic E-state index is 0.00133. The first kappa shape index (κ1) is 17.3. The van der Waals surface area contributed by atoms with Crippen molar-refractivity contribution in [2.75, 3.05) is 13.1 Å². The lowest BCUT2D eigenvalue weighted by atomic mass is 10.3. The van der Waals surface area contributed by atoms with Crippen molar-refractivity contribution < 1.29 is 17.5 Å². The molecule has 0 amide bonds. The highest BCUT2D eigenvalue weighted by Crippen LogP contribution is 2.30. The predicted octanol–water partition coefficient (Wildman–Crippen LogP) is 2.76. The molecule has 6 nitrogen and oxygen atoms in total. The normalized spacial score (nSPS) is 18.7. The molecule has 10 heteroatoms. The van der Waals surface area contributed by atoms with Gasteiger partial charge in [0, 0.05) is 11.6 Å². The molecule has 0 N–H and O–H groups in total. The van der Waals surface area contributed by atoms with Gasteiger partial charge in [0.1, 0.15) is 11.0 Å². The van der Waals surface area contributed by atoms with Crippen LogP contribution in [0.3, 0.4) is 0 Å². The molecular weight excluding hydrogens is 380 g/mol. The second kappa shape index (κ2) is 6.79. The summed E-state index contributed by atoms with van der Waals surface area (Å²) in [6, 6.07) is 4.27. The molecular formula is C14H12Cl2FN3O3S. The minimum atomic E-state index is -3.79. The van der Waals surface area contributed by atoms with Gasteiger partial charge in [-0.2, -0.15) is 4.31 Å². The van der Waals surface area contributed by atoms with Crippen molar-refractivity contribution in [3.63, 3.8) is 0 Å². The average molecular weight is 392 g/mol. The van der Waals surface area contributed by atoms with Crippen molar-refractivity contribution in [3.05, 3.63) is 46.5 Å². The van der Waals surface area contributed by atoms with E-state index < -0.39 is 21.9 Å². The van der Waals surface area contributed by atoms with Gasteiger partial charge in [0.15, 0.2) is 5.82 Å². The first-order valence-corrected chi connectivity index (χ1v) is 9.15. The molecule has 0 radical (unpaired) electrons. The third-order valence-electron chi connectivity index (χ3n) is 3.49. The summed E-state index contributed by atoms with van der Waals surface area (Å²) in [7, 11) is -3.79. The maximum absolute atomic E-state index is 12.8. The minimum Gasteiger partial charge on any atom is -0.459 e. The number of sulfonamides is 1. The SMILES string of the molecule is O=S(=O)(c1cc(Cl)ccc1Cl)N1CCC(Oc2ncc(F)cn2)C1. The zero-order valence-corrected chi connectivity index (χ0v) is 14.5. The monoisotopic (exact) mass is 391 g/mol. The summed E-state index contributed by atoms with van der Waals surface area (Å²) in [5, 5.41) is 0.385. The zero-order chi connectivity index (χ0) is 17.3. The van der Waals surface area contributed by atoms with E-state index in [1.165, 1.54) is 22.5 Å². The third-order valence-corrected chi connectivity index (χ3v) is 6.07. The second-order valence-corrected chi connectivity index (χ2v) is 7.90. The number of halogens is 3. The van der Waals surface area contributed by atoms with Crippen molar-refractivity contribution in [3.8, 4) is 6.01 Å². The summed E-state index contributed by atoms with van der Waals surface area (Å²) >= 11 is 11.9. The lowest BCUT2D eigenvalue weighted by Gasteiger charge is -2.17. The zero-order valence-electron chi connectivity index (χ0n) is 12.2. The number of ether oxygens (including phenoxy) is 1. The summed E-state index contributed by atoms with van der Waals surface area (Å²) in [6.45, 7) is 0.378. The van der Waals surface area contributed by atoms with Gasteiger partial charge >= 0.3 is 6.01 Å². The topological polar surface area (TPSA) is 72.4 Å². The van der Waals surface area contributed by atoms with Crippen LogP contribution in [0, 0.1) is 5.82 Å². The highest BCUT2D eigenvalue weighted by Gasteiger charge is 2.35. The summed E-state index contributed by atoms with van der Waals surface area (Å²) in [4.78, 5) is 7.35. The fourth-order valence-electron chi connectivity index (χ4n) is 2.34. The Balaban J connectivity index is 1.74. The van der Waals surface area contributed by atoms with Crippen LogP contribution in [0.2, 0.25) is 10.0 Å². The number of nitrogens with zero attached hydrogens (tertiary/aromatic N) is 3. The average Bonchev–Trinajstić information content (AvgIpc) is 3.01. The van der Waals surface area contributed by atoms with Gasteiger partial charge in [-0.25, -0.2) is 22.8 Å². The smallest absolute Gasteiger partial charge is 0.316 e. The Kier molecular flexibility index (Phi) is 4.91. The standard InChI is InChI=1S/C14H12Cl2FN3O3S/c15-9-1-2-12(16)13(5-9)24(21,22)20-4-3-11(8-20)23-14-18-6-10(17)7-19-14/h1-2,5-7,11H,3-4,8H2. The van der Waals surface area contributed by atoms with Gasteiger partial charge in [-0.15, -0.1) is 0 Å². The Labute approximate surface area is 148 Å². The molecule has 2 aromatic rings. The van der Waals surface area contributed by atoms with Crippen molar-refractivity contribution in [2.24, 2.45) is 0 Å². The molecule has 1 aromatic carbocycles. The van der Waals surface area contributed by atoms with E-state index in [-0.39, 0.29) is 34.0 Å². The van der Waals surface area contributed by atoms with Crippen LogP contribution in [0.1, 0.15) is 6.42 Å². The van der Waals surface area contributed by atoms with Crippen molar-refractivity contribution in [2.45, 2.75) is 17.4 Å². The third kappa shape index (κ3) is 3.61. The molecule has 1 saturated heterocycles. The Morgan fingerprint density at radius 2 is 1.96 bits per heavy atom. The maximum Gasteiger partial charge on any atom is 0.316 e. The van der Waals surface area contributed by atoms with Gasteiger partial charge in [0.25, 0.3) is 0 Å². The molecule has 1 fully saturated rings. The van der Waals surface area contributed by atoms with Crippen LogP contribution in [-0.2, 0) is 10.0 Å². The van der Waals surface area contributed by atoms with E-state index in [1.54, 1.807) is 0 Å². The summed E-state index contributed by atoms with van der Waals surface area (Å²) < 4.78 is 44.9. The van der Waals surface area contributed by atoms with E-state index in [4.69, 9.17) is 27.9 Å². The predicted molar refractivity (Wildman–Crippen MR) is 86.2 cm³/mol. The molecule has 0 bridgehead atoms. The van der Waals surface area contributed by atoms with Crippen molar-refractivity contribution >= 4 is 33.2 Å². The number of hydrogen-bond acceptors (Lipinski definition) is 5. The Morgan fingerprint density at radius 3 is 2.67 bits per heavy atom. The quantitative estimate of drug-likeness (QED) is 0.800. The second-order valence-electron chi connectivity index (χ2n) is 5.15. The van der Waals surface area contributed by atoms with Crippen LogP contribution < -0.4 is 4.74 Å². The van der Waals surface area contributed by atoms with Crippen LogP contribution in [0.25, 0.3) is 0 Å². The summed E-state index contributed by atoms with van der Waals surface area (Å²) in [5.41, 5.74) is 0. The first-order valence-electron chi connectivity index (χ1n) is 6.95. The van der Waals surface area contributed by atoms with Crippen LogP contribution in [0.4, 0.5) is 4.39 Å². The molecule has 0 saturated carbocycles. The van der Waals surface area contributed by atoms with E-state index in [0.29, 0.717) is 6.42 Å². The van der Waals surface area contributed by atoms with Crippen molar-refractivity contribution in [1.82, 2.24) is 14.3 Å². The highest BCUT2D eigenvalue weighted by atomic mass is 35.5. The Hall–Kier alpha value is -1.48. The molecule has 2 heterocycles. The van der Waals surface area contributed by atoms with Gasteiger partial charge in [-0.1, -0.05) is 23.2 Å². The molecule has 1 unspecified atom stereocenters. The number of hydrogen-bond donors (Lipinski definition) is 0. The fraction of sp³-hybridized carbons (Fsp3) is 0.286. The van der Waals surface area contributed by atoms with E-state index >= 15 is 0 Å². The molecule has 24 heavy (non-hydrogen) atoms. The summed E-state index contributed by atoms with van der Waals surface area (Å²) in [6.07, 6.45) is 2.00. The molecule has 0 spiro atoms. The van der Waals surface area contributed by atoms with E-state index in [1.807, 2.05) is 0 Å². The van der Waals surface area contributed by atoms with Gasteiger partial charge in [-0.05, 0) is 24.6 Å². The Morgan fingerprint density at radius 1 is 1.25 bits per heavy atom. The lowest BCUT2D eigenvalue weighted by molar-refractivity contribution is 0.197. The van der Waals surface area contributed by atoms with Crippen LogP contribution in [-0.4, -0.2) is 41.9 Å². The first-order chi connectivity index (χ1) is 11.4. The maximum atomic E-state index is 12.8. The molecule has 1 atom stereocenters. The molecule has 1 aromatic heterocycles. The molecule has 1 aliphatic rings. The highest BCUT2D eigenvalue weighted by molar-refractivity contribution is 7.89. The largest absolute Gasteiger partial charge is 0.459 e. The lowest BCUT2D eigenvalue weighted by Crippen LogP contribution is -2.31. The molecule has 3 rings (SSSR count). The number of benzene rings is 1. The van der Waals surface area contributed by atoms with E-state index in [2.05, 4.69) is 9.97 Å². The van der Waals surface area contributed by atoms with Gasteiger partial charge in [0.2, 0.25) is 10.0 Å². The number of rotatable bonds is 4. The molecule has 1 aliphatic heterocycles. The van der Waals surface area contributed by atoms with Crippen LogP contribution in [0.5, 0.6) is 6.01 Å². The summed E-state index contributed by atoms with van der Waals surface area (Å²) in [5.74, 6) is -0.575. The van der Waals surface area contributed by atoms with E-state index in [0.717, 1.165) is 12.4 Å².